The molecule has 2 heteroatoms. The monoisotopic (exact) mass is 254 g/mol. The quantitative estimate of drug-likeness (QED) is 0.749. The topological polar surface area (TPSA) is 26.3 Å². The molecule has 0 saturated carbocycles. The van der Waals surface area contributed by atoms with Crippen molar-refractivity contribution in [3.8, 4) is 5.75 Å². The van der Waals surface area contributed by atoms with E-state index in [1.54, 1.807) is 0 Å². The molecule has 2 nitrogen and oxygen atoms in total. The number of hydrogen-bond donors (Lipinski definition) is 0. The molecule has 0 unspecified atom stereocenters. The van der Waals surface area contributed by atoms with Crippen LogP contribution in [0, 0.1) is 6.92 Å². The van der Waals surface area contributed by atoms with Crippen molar-refractivity contribution in [3.05, 3.63) is 65.2 Å². The third-order valence-electron chi connectivity index (χ3n) is 2.99. The van der Waals surface area contributed by atoms with Gasteiger partial charge in [-0.2, -0.15) is 0 Å². The summed E-state index contributed by atoms with van der Waals surface area (Å²) in [5, 5.41) is 0. The zero-order valence-electron chi connectivity index (χ0n) is 11.3. The van der Waals surface area contributed by atoms with E-state index in [9.17, 15) is 4.79 Å². The average Bonchev–Trinajstić information content (AvgIpc) is 2.45. The van der Waals surface area contributed by atoms with Gasteiger partial charge < -0.3 is 4.74 Å². The molecule has 0 radical (unpaired) electrons. The van der Waals surface area contributed by atoms with E-state index >= 15 is 0 Å². The molecule has 98 valence electrons. The summed E-state index contributed by atoms with van der Waals surface area (Å²) in [6.45, 7) is 4.47. The van der Waals surface area contributed by atoms with Crippen LogP contribution in [0.5, 0.6) is 5.75 Å². The minimum atomic E-state index is 0.158. The van der Waals surface area contributed by atoms with Gasteiger partial charge in [0.05, 0.1) is 0 Å². The SMILES string of the molecule is CCC(=O)c1ccc(OCc2cccc(C)c2)cc1. The normalized spacial score (nSPS) is 10.2. The molecule has 0 N–H and O–H groups in total. The Kier molecular flexibility index (Phi) is 4.35. The van der Waals surface area contributed by atoms with E-state index in [0.29, 0.717) is 13.0 Å². The van der Waals surface area contributed by atoms with E-state index in [0.717, 1.165) is 16.9 Å². The maximum atomic E-state index is 11.5. The third kappa shape index (κ3) is 3.68. The average molecular weight is 254 g/mol. The lowest BCUT2D eigenvalue weighted by Crippen LogP contribution is -1.98. The van der Waals surface area contributed by atoms with Crippen LogP contribution in [-0.4, -0.2) is 5.78 Å². The van der Waals surface area contributed by atoms with Crippen molar-refractivity contribution in [2.75, 3.05) is 0 Å². The Morgan fingerprint density at radius 1 is 1.11 bits per heavy atom. The van der Waals surface area contributed by atoms with E-state index in [1.807, 2.05) is 43.3 Å². The predicted octanol–water partition coefficient (Wildman–Crippen LogP) is 4.17. The number of ether oxygens (including phenoxy) is 1. The van der Waals surface area contributed by atoms with Gasteiger partial charge in [0.2, 0.25) is 0 Å². The van der Waals surface area contributed by atoms with Crippen LogP contribution in [0.15, 0.2) is 48.5 Å². The van der Waals surface area contributed by atoms with Gasteiger partial charge in [-0.15, -0.1) is 0 Å². The lowest BCUT2D eigenvalue weighted by molar-refractivity contribution is 0.0988. The van der Waals surface area contributed by atoms with Crippen molar-refractivity contribution >= 4 is 5.78 Å². The first-order chi connectivity index (χ1) is 9.19. The van der Waals surface area contributed by atoms with Crippen LogP contribution < -0.4 is 4.74 Å². The van der Waals surface area contributed by atoms with Crippen LogP contribution in [0.1, 0.15) is 34.8 Å². The number of carbonyl (C=O) groups is 1. The van der Waals surface area contributed by atoms with Gasteiger partial charge in [-0.3, -0.25) is 4.79 Å². The Morgan fingerprint density at radius 3 is 2.47 bits per heavy atom. The summed E-state index contributed by atoms with van der Waals surface area (Å²) < 4.78 is 5.70. The zero-order valence-corrected chi connectivity index (χ0v) is 11.3. The molecule has 0 bridgehead atoms. The van der Waals surface area contributed by atoms with Gasteiger partial charge in [-0.1, -0.05) is 36.8 Å². The minimum Gasteiger partial charge on any atom is -0.489 e. The van der Waals surface area contributed by atoms with E-state index in [2.05, 4.69) is 19.1 Å². The summed E-state index contributed by atoms with van der Waals surface area (Å²) in [5.74, 6) is 0.944. The second-order valence-corrected chi connectivity index (χ2v) is 4.58. The molecule has 0 spiro atoms. The van der Waals surface area contributed by atoms with Crippen molar-refractivity contribution in [3.63, 3.8) is 0 Å². The maximum Gasteiger partial charge on any atom is 0.162 e. The standard InChI is InChI=1S/C17H18O2/c1-3-17(18)15-7-9-16(10-8-15)19-12-14-6-4-5-13(2)11-14/h4-11H,3,12H2,1-2H3. The van der Waals surface area contributed by atoms with Crippen molar-refractivity contribution < 1.29 is 9.53 Å². The molecule has 0 amide bonds. The Morgan fingerprint density at radius 2 is 1.84 bits per heavy atom. The minimum absolute atomic E-state index is 0.158. The van der Waals surface area contributed by atoms with Crippen LogP contribution in [-0.2, 0) is 6.61 Å². The van der Waals surface area contributed by atoms with Crippen LogP contribution in [0.2, 0.25) is 0 Å². The summed E-state index contributed by atoms with van der Waals surface area (Å²) in [7, 11) is 0. The van der Waals surface area contributed by atoms with Crippen molar-refractivity contribution in [1.29, 1.82) is 0 Å². The molecule has 2 aromatic rings. The first-order valence-corrected chi connectivity index (χ1v) is 6.50. The maximum absolute atomic E-state index is 11.5. The van der Waals surface area contributed by atoms with Gasteiger partial charge in [0, 0.05) is 12.0 Å². The van der Waals surface area contributed by atoms with Gasteiger partial charge >= 0.3 is 0 Å². The van der Waals surface area contributed by atoms with Crippen LogP contribution in [0.25, 0.3) is 0 Å². The molecule has 0 aliphatic carbocycles. The van der Waals surface area contributed by atoms with Crippen LogP contribution in [0.4, 0.5) is 0 Å². The van der Waals surface area contributed by atoms with Gasteiger partial charge in [0.1, 0.15) is 12.4 Å². The lowest BCUT2D eigenvalue weighted by atomic mass is 10.1. The third-order valence-corrected chi connectivity index (χ3v) is 2.99. The highest BCUT2D eigenvalue weighted by Crippen LogP contribution is 2.15. The van der Waals surface area contributed by atoms with Crippen LogP contribution >= 0.6 is 0 Å². The fraction of sp³-hybridized carbons (Fsp3) is 0.235. The number of benzene rings is 2. The molecule has 0 aliphatic rings. The number of ketones is 1. The Hall–Kier alpha value is -2.09. The summed E-state index contributed by atoms with van der Waals surface area (Å²) in [4.78, 5) is 11.5. The van der Waals surface area contributed by atoms with Crippen molar-refractivity contribution in [1.82, 2.24) is 0 Å². The molecule has 0 aromatic heterocycles. The van der Waals surface area contributed by atoms with E-state index in [4.69, 9.17) is 4.74 Å². The second-order valence-electron chi connectivity index (χ2n) is 4.58. The fourth-order valence-corrected chi connectivity index (χ4v) is 1.91. The van der Waals surface area contributed by atoms with Gasteiger partial charge in [-0.25, -0.2) is 0 Å². The molecule has 0 fully saturated rings. The summed E-state index contributed by atoms with van der Waals surface area (Å²) in [5.41, 5.74) is 3.11. The van der Waals surface area contributed by atoms with E-state index in [1.165, 1.54) is 5.56 Å². The molecule has 2 rings (SSSR count). The largest absolute Gasteiger partial charge is 0.489 e. The summed E-state index contributed by atoms with van der Waals surface area (Å²) in [6.07, 6.45) is 0.531. The van der Waals surface area contributed by atoms with Gasteiger partial charge in [0.15, 0.2) is 5.78 Å². The highest BCUT2D eigenvalue weighted by molar-refractivity contribution is 5.95. The number of hydrogen-bond acceptors (Lipinski definition) is 2. The van der Waals surface area contributed by atoms with E-state index in [-0.39, 0.29) is 5.78 Å². The lowest BCUT2D eigenvalue weighted by Gasteiger charge is -2.07. The first-order valence-electron chi connectivity index (χ1n) is 6.50. The smallest absolute Gasteiger partial charge is 0.162 e. The summed E-state index contributed by atoms with van der Waals surface area (Å²) >= 11 is 0. The molecule has 19 heavy (non-hydrogen) atoms. The predicted molar refractivity (Wildman–Crippen MR) is 76.6 cm³/mol. The summed E-state index contributed by atoms with van der Waals surface area (Å²) in [6, 6.07) is 15.6. The zero-order chi connectivity index (χ0) is 13.7. The van der Waals surface area contributed by atoms with Gasteiger partial charge in [0.25, 0.3) is 0 Å². The molecular weight excluding hydrogens is 236 g/mol. The van der Waals surface area contributed by atoms with Gasteiger partial charge in [-0.05, 0) is 36.8 Å². The fourth-order valence-electron chi connectivity index (χ4n) is 1.91. The highest BCUT2D eigenvalue weighted by Gasteiger charge is 2.03. The number of carbonyl (C=O) groups excluding carboxylic acids is 1. The molecule has 0 atom stereocenters. The highest BCUT2D eigenvalue weighted by atomic mass is 16.5. The molecule has 0 aliphatic heterocycles. The van der Waals surface area contributed by atoms with Crippen LogP contribution in [0.3, 0.4) is 0 Å². The Bertz CT molecular complexity index is 556. The second kappa shape index (κ2) is 6.19. The van der Waals surface area contributed by atoms with E-state index < -0.39 is 0 Å². The Labute approximate surface area is 114 Å². The molecule has 2 aromatic carbocycles. The number of aryl methyl sites for hydroxylation is 1. The first kappa shape index (κ1) is 13.3. The van der Waals surface area contributed by atoms with Crippen molar-refractivity contribution in [2.45, 2.75) is 26.9 Å². The number of Topliss-reactive ketones (excluding diaryl/α,β-unsaturated/α-hetero) is 1. The molecule has 0 heterocycles. The molecular formula is C17H18O2. The molecule has 0 saturated heterocycles. The number of rotatable bonds is 5. The van der Waals surface area contributed by atoms with Crippen molar-refractivity contribution in [2.24, 2.45) is 0 Å². The Balaban J connectivity index is 1.98.